The van der Waals surface area contributed by atoms with Crippen LogP contribution in [0.25, 0.3) is 0 Å². The van der Waals surface area contributed by atoms with Crippen molar-refractivity contribution in [2.45, 2.75) is 26.8 Å². The van der Waals surface area contributed by atoms with E-state index in [1.165, 1.54) is 0 Å². The molecule has 2 heterocycles. The smallest absolute Gasteiger partial charge is 0.258 e. The van der Waals surface area contributed by atoms with Crippen molar-refractivity contribution in [3.63, 3.8) is 0 Å². The van der Waals surface area contributed by atoms with Crippen molar-refractivity contribution in [1.29, 1.82) is 0 Å². The molecule has 3 N–H and O–H groups in total. The minimum absolute atomic E-state index is 0.206. The summed E-state index contributed by atoms with van der Waals surface area (Å²) in [6, 6.07) is 10.3. The average Bonchev–Trinajstić information content (AvgIpc) is 2.60. The van der Waals surface area contributed by atoms with E-state index >= 15 is 0 Å². The molecule has 0 bridgehead atoms. The zero-order valence-corrected chi connectivity index (χ0v) is 17.6. The maximum atomic E-state index is 12.6. The highest BCUT2D eigenvalue weighted by Gasteiger charge is 2.15. The van der Waals surface area contributed by atoms with Crippen molar-refractivity contribution in [3.05, 3.63) is 63.9 Å². The van der Waals surface area contributed by atoms with Gasteiger partial charge in [-0.15, -0.1) is 0 Å². The number of benzene rings is 1. The topological polar surface area (TPSA) is 91.8 Å². The summed E-state index contributed by atoms with van der Waals surface area (Å²) < 4.78 is 0. The van der Waals surface area contributed by atoms with Crippen LogP contribution in [-0.4, -0.2) is 26.9 Å². The van der Waals surface area contributed by atoms with Crippen LogP contribution in [0, 0.1) is 6.92 Å². The van der Waals surface area contributed by atoms with Crippen molar-refractivity contribution in [2.24, 2.45) is 0 Å². The molecule has 0 aliphatic carbocycles. The first kappa shape index (κ1) is 20.8. The molecular formula is C20H20Cl2N6O. The molecule has 150 valence electrons. The molecule has 2 aromatic heterocycles. The third kappa shape index (κ3) is 5.56. The number of anilines is 4. The second kappa shape index (κ2) is 9.07. The van der Waals surface area contributed by atoms with E-state index in [1.54, 1.807) is 36.5 Å². The molecule has 1 amide bonds. The van der Waals surface area contributed by atoms with Crippen molar-refractivity contribution in [2.75, 3.05) is 16.0 Å². The molecular weight excluding hydrogens is 411 g/mol. The fraction of sp³-hybridized carbons (Fsp3) is 0.200. The molecule has 7 nitrogen and oxygen atoms in total. The lowest BCUT2D eigenvalue weighted by Gasteiger charge is -2.12. The number of nitrogens with zero attached hydrogens (tertiary/aromatic N) is 3. The highest BCUT2D eigenvalue weighted by Crippen LogP contribution is 2.26. The summed E-state index contributed by atoms with van der Waals surface area (Å²) in [5.74, 6) is 1.23. The van der Waals surface area contributed by atoms with E-state index in [2.05, 4.69) is 30.9 Å². The molecule has 1 aromatic carbocycles. The third-order valence-corrected chi connectivity index (χ3v) is 4.37. The maximum absolute atomic E-state index is 12.6. The van der Waals surface area contributed by atoms with Crippen LogP contribution in [0.15, 0.2) is 42.6 Å². The number of rotatable bonds is 6. The number of hydrogen-bond donors (Lipinski definition) is 3. The molecule has 0 radical (unpaired) electrons. The average molecular weight is 431 g/mol. The van der Waals surface area contributed by atoms with E-state index in [-0.39, 0.29) is 21.7 Å². The molecule has 29 heavy (non-hydrogen) atoms. The lowest BCUT2D eigenvalue weighted by Crippen LogP contribution is -2.14. The Morgan fingerprint density at radius 2 is 1.76 bits per heavy atom. The summed E-state index contributed by atoms with van der Waals surface area (Å²) in [7, 11) is 0. The summed E-state index contributed by atoms with van der Waals surface area (Å²) in [6.07, 6.45) is 1.58. The predicted molar refractivity (Wildman–Crippen MR) is 117 cm³/mol. The molecule has 0 atom stereocenters. The van der Waals surface area contributed by atoms with Crippen LogP contribution in [0.2, 0.25) is 10.0 Å². The van der Waals surface area contributed by atoms with E-state index in [0.29, 0.717) is 23.3 Å². The van der Waals surface area contributed by atoms with Crippen molar-refractivity contribution in [1.82, 2.24) is 15.0 Å². The van der Waals surface area contributed by atoms with Crippen LogP contribution in [0.3, 0.4) is 0 Å². The zero-order chi connectivity index (χ0) is 21.0. The molecule has 0 unspecified atom stereocenters. The number of amides is 1. The second-order valence-electron chi connectivity index (χ2n) is 6.62. The third-order valence-electron chi connectivity index (χ3n) is 3.74. The van der Waals surface area contributed by atoms with Gasteiger partial charge in [-0.05, 0) is 39.0 Å². The summed E-state index contributed by atoms with van der Waals surface area (Å²) in [6.45, 7) is 5.91. The number of pyridine rings is 1. The summed E-state index contributed by atoms with van der Waals surface area (Å²) in [5.41, 5.74) is 1.57. The molecule has 3 aromatic rings. The van der Waals surface area contributed by atoms with E-state index in [0.717, 1.165) is 5.69 Å². The standard InChI is InChI=1S/C20H20Cl2N6O/c1-11(2)24-20-25-12(3)9-17(28-20)27-16-10-13(7-8-23-16)26-19(29)18-14(21)5-4-6-15(18)22/h4-11H,1-3H3,(H3,23,24,25,26,27,28,29). The Kier molecular flexibility index (Phi) is 6.51. The van der Waals surface area contributed by atoms with Crippen LogP contribution in [0.1, 0.15) is 29.9 Å². The quantitative estimate of drug-likeness (QED) is 0.491. The van der Waals surface area contributed by atoms with Crippen molar-refractivity contribution in [3.8, 4) is 0 Å². The van der Waals surface area contributed by atoms with Gasteiger partial charge in [-0.1, -0.05) is 29.3 Å². The summed E-state index contributed by atoms with van der Waals surface area (Å²) >= 11 is 12.2. The van der Waals surface area contributed by atoms with Crippen LogP contribution in [-0.2, 0) is 0 Å². The number of halogens is 2. The van der Waals surface area contributed by atoms with Gasteiger partial charge in [0.2, 0.25) is 5.95 Å². The van der Waals surface area contributed by atoms with Crippen molar-refractivity contribution < 1.29 is 4.79 Å². The Balaban J connectivity index is 1.78. The lowest BCUT2D eigenvalue weighted by atomic mass is 10.2. The number of hydrogen-bond acceptors (Lipinski definition) is 6. The van der Waals surface area contributed by atoms with Crippen LogP contribution in [0.5, 0.6) is 0 Å². The molecule has 0 spiro atoms. The largest absolute Gasteiger partial charge is 0.352 e. The monoisotopic (exact) mass is 430 g/mol. The first-order chi connectivity index (χ1) is 13.8. The number of carbonyl (C=O) groups is 1. The first-order valence-electron chi connectivity index (χ1n) is 8.92. The fourth-order valence-corrected chi connectivity index (χ4v) is 3.14. The zero-order valence-electron chi connectivity index (χ0n) is 16.1. The van der Waals surface area contributed by atoms with E-state index in [9.17, 15) is 4.79 Å². The van der Waals surface area contributed by atoms with E-state index in [4.69, 9.17) is 23.2 Å². The van der Waals surface area contributed by atoms with E-state index in [1.807, 2.05) is 26.8 Å². The van der Waals surface area contributed by atoms with Gasteiger partial charge in [0.05, 0.1) is 15.6 Å². The maximum Gasteiger partial charge on any atom is 0.258 e. The molecule has 0 fully saturated rings. The van der Waals surface area contributed by atoms with Crippen LogP contribution in [0.4, 0.5) is 23.3 Å². The minimum Gasteiger partial charge on any atom is -0.352 e. The minimum atomic E-state index is -0.404. The Bertz CT molecular complexity index is 1020. The highest BCUT2D eigenvalue weighted by atomic mass is 35.5. The van der Waals surface area contributed by atoms with Gasteiger partial charge >= 0.3 is 0 Å². The Hall–Kier alpha value is -2.90. The molecule has 3 rings (SSSR count). The Morgan fingerprint density at radius 1 is 1.03 bits per heavy atom. The van der Waals surface area contributed by atoms with Crippen molar-refractivity contribution >= 4 is 52.4 Å². The molecule has 0 aliphatic rings. The van der Waals surface area contributed by atoms with Gasteiger partial charge in [0, 0.05) is 35.8 Å². The van der Waals surface area contributed by atoms with Gasteiger partial charge < -0.3 is 16.0 Å². The number of nitrogens with one attached hydrogen (secondary N) is 3. The molecule has 9 heteroatoms. The van der Waals surface area contributed by atoms with Crippen LogP contribution < -0.4 is 16.0 Å². The van der Waals surface area contributed by atoms with Gasteiger partial charge in [-0.2, -0.15) is 4.98 Å². The molecule has 0 saturated carbocycles. The normalized spacial score (nSPS) is 10.7. The van der Waals surface area contributed by atoms with Gasteiger partial charge in [0.25, 0.3) is 5.91 Å². The Labute approximate surface area is 178 Å². The predicted octanol–water partition coefficient (Wildman–Crippen LogP) is 5.30. The van der Waals surface area contributed by atoms with E-state index < -0.39 is 5.91 Å². The molecule has 0 saturated heterocycles. The number of aromatic nitrogens is 3. The summed E-state index contributed by atoms with van der Waals surface area (Å²) in [4.78, 5) is 25.6. The highest BCUT2D eigenvalue weighted by molar-refractivity contribution is 6.40. The SMILES string of the molecule is Cc1cc(Nc2cc(NC(=O)c3c(Cl)cccc3Cl)ccn2)nc(NC(C)C)n1. The van der Waals surface area contributed by atoms with Gasteiger partial charge in [-0.3, -0.25) is 4.79 Å². The number of carbonyl (C=O) groups excluding carboxylic acids is 1. The second-order valence-corrected chi connectivity index (χ2v) is 7.44. The first-order valence-corrected chi connectivity index (χ1v) is 9.68. The number of aryl methyl sites for hydroxylation is 1. The van der Waals surface area contributed by atoms with Crippen LogP contribution >= 0.6 is 23.2 Å². The van der Waals surface area contributed by atoms with Gasteiger partial charge in [0.15, 0.2) is 0 Å². The van der Waals surface area contributed by atoms with Gasteiger partial charge in [-0.25, -0.2) is 9.97 Å². The lowest BCUT2D eigenvalue weighted by molar-refractivity contribution is 0.102. The van der Waals surface area contributed by atoms with Gasteiger partial charge in [0.1, 0.15) is 11.6 Å². The fourth-order valence-electron chi connectivity index (χ4n) is 2.57. The Morgan fingerprint density at radius 3 is 2.45 bits per heavy atom. The molecule has 0 aliphatic heterocycles. The summed E-state index contributed by atoms with van der Waals surface area (Å²) in [5, 5.41) is 9.65.